The molecule has 2 amide bonds. The SMILES string of the molecule is COC1OC(CO)C(O)C(OC2OC(C(=O)NCC(O)COCCOC(O)CO)C(OC)C(O)C2O)C1NC(C)=O. The zero-order valence-corrected chi connectivity index (χ0v) is 23.0. The molecule has 2 aliphatic rings. The summed E-state index contributed by atoms with van der Waals surface area (Å²) in [5.41, 5.74) is 0. The van der Waals surface area contributed by atoms with Crippen LogP contribution in [0.2, 0.25) is 0 Å². The highest BCUT2D eigenvalue weighted by molar-refractivity contribution is 5.81. The summed E-state index contributed by atoms with van der Waals surface area (Å²) >= 11 is 0. The Morgan fingerprint density at radius 3 is 2.22 bits per heavy atom. The van der Waals surface area contributed by atoms with Crippen molar-refractivity contribution in [2.75, 3.05) is 53.8 Å². The fourth-order valence-corrected chi connectivity index (χ4v) is 4.29. The van der Waals surface area contributed by atoms with Crippen LogP contribution in [0.15, 0.2) is 0 Å². The number of aliphatic hydroxyl groups is 7. The van der Waals surface area contributed by atoms with E-state index >= 15 is 0 Å². The summed E-state index contributed by atoms with van der Waals surface area (Å²) in [5.74, 6) is -1.39. The van der Waals surface area contributed by atoms with E-state index in [0.717, 1.165) is 0 Å². The molecule has 240 valence electrons. The van der Waals surface area contributed by atoms with Gasteiger partial charge in [-0.1, -0.05) is 0 Å². The van der Waals surface area contributed by atoms with Crippen molar-refractivity contribution in [2.24, 2.45) is 0 Å². The van der Waals surface area contributed by atoms with Crippen LogP contribution in [0.1, 0.15) is 6.92 Å². The molecule has 12 atom stereocenters. The maximum atomic E-state index is 12.9. The van der Waals surface area contributed by atoms with E-state index in [0.29, 0.717) is 0 Å². The maximum absolute atomic E-state index is 12.9. The third kappa shape index (κ3) is 9.97. The summed E-state index contributed by atoms with van der Waals surface area (Å²) in [6.07, 6.45) is -16.0. The van der Waals surface area contributed by atoms with Gasteiger partial charge in [-0.15, -0.1) is 0 Å². The molecule has 2 aliphatic heterocycles. The van der Waals surface area contributed by atoms with Crippen molar-refractivity contribution in [1.29, 1.82) is 0 Å². The Balaban J connectivity index is 2.06. The van der Waals surface area contributed by atoms with Gasteiger partial charge >= 0.3 is 0 Å². The monoisotopic (exact) mass is 602 g/mol. The molecule has 18 nitrogen and oxygen atoms in total. The van der Waals surface area contributed by atoms with Crippen LogP contribution >= 0.6 is 0 Å². The first-order valence-electron chi connectivity index (χ1n) is 12.9. The van der Waals surface area contributed by atoms with Crippen LogP contribution in [0.4, 0.5) is 0 Å². The van der Waals surface area contributed by atoms with Gasteiger partial charge in [-0.2, -0.15) is 0 Å². The van der Waals surface area contributed by atoms with Crippen LogP contribution in [-0.2, 0) is 42.7 Å². The number of rotatable bonds is 16. The minimum absolute atomic E-state index is 0.0126. The van der Waals surface area contributed by atoms with E-state index in [1.165, 1.54) is 21.1 Å². The molecule has 2 rings (SSSR count). The van der Waals surface area contributed by atoms with Gasteiger partial charge in [-0.25, -0.2) is 0 Å². The number of aliphatic hydroxyl groups excluding tert-OH is 7. The summed E-state index contributed by atoms with van der Waals surface area (Å²) in [5, 5.41) is 74.6. The molecule has 0 aromatic carbocycles. The lowest BCUT2D eigenvalue weighted by Gasteiger charge is -2.47. The second kappa shape index (κ2) is 17.5. The Morgan fingerprint density at radius 1 is 0.927 bits per heavy atom. The van der Waals surface area contributed by atoms with E-state index in [9.17, 15) is 35.1 Å². The quantitative estimate of drug-likeness (QED) is 0.0588. The Labute approximate surface area is 236 Å². The van der Waals surface area contributed by atoms with Gasteiger partial charge < -0.3 is 79.5 Å². The highest BCUT2D eigenvalue weighted by Crippen LogP contribution is 2.30. The van der Waals surface area contributed by atoms with Crippen molar-refractivity contribution in [3.05, 3.63) is 0 Å². The summed E-state index contributed by atoms with van der Waals surface area (Å²) in [6, 6.07) is -1.15. The van der Waals surface area contributed by atoms with Crippen molar-refractivity contribution in [1.82, 2.24) is 10.6 Å². The van der Waals surface area contributed by atoms with Crippen LogP contribution in [0.5, 0.6) is 0 Å². The number of carbonyl (C=O) groups excluding carboxylic acids is 2. The number of hydrogen-bond donors (Lipinski definition) is 9. The number of methoxy groups -OCH3 is 2. The van der Waals surface area contributed by atoms with Crippen LogP contribution < -0.4 is 10.6 Å². The van der Waals surface area contributed by atoms with E-state index in [1.807, 2.05) is 0 Å². The second-order valence-electron chi connectivity index (χ2n) is 9.37. The van der Waals surface area contributed by atoms with Crippen molar-refractivity contribution < 1.29 is 78.5 Å². The zero-order valence-electron chi connectivity index (χ0n) is 23.0. The average molecular weight is 603 g/mol. The van der Waals surface area contributed by atoms with Gasteiger partial charge in [0.1, 0.15) is 42.7 Å². The predicted molar refractivity (Wildman–Crippen MR) is 132 cm³/mol. The van der Waals surface area contributed by atoms with E-state index in [2.05, 4.69) is 10.6 Å². The topological polar surface area (TPSA) is 264 Å². The zero-order chi connectivity index (χ0) is 30.7. The van der Waals surface area contributed by atoms with Gasteiger partial charge in [0.2, 0.25) is 5.91 Å². The van der Waals surface area contributed by atoms with Gasteiger partial charge in [0.25, 0.3) is 5.91 Å². The lowest BCUT2D eigenvalue weighted by molar-refractivity contribution is -0.338. The fraction of sp³-hybridized carbons (Fsp3) is 0.913. The molecule has 41 heavy (non-hydrogen) atoms. The van der Waals surface area contributed by atoms with Gasteiger partial charge in [0.05, 0.1) is 39.1 Å². The molecule has 0 saturated carbocycles. The van der Waals surface area contributed by atoms with Crippen molar-refractivity contribution in [3.8, 4) is 0 Å². The normalized spacial score (nSPS) is 35.5. The molecule has 12 unspecified atom stereocenters. The van der Waals surface area contributed by atoms with E-state index in [-0.39, 0.29) is 26.4 Å². The molecular formula is C23H42N2O16. The molecule has 0 radical (unpaired) electrons. The van der Waals surface area contributed by atoms with E-state index < -0.39 is 98.8 Å². The smallest absolute Gasteiger partial charge is 0.252 e. The Bertz CT molecular complexity index is 795. The number of amides is 2. The largest absolute Gasteiger partial charge is 0.394 e. The van der Waals surface area contributed by atoms with Gasteiger partial charge in [-0.3, -0.25) is 9.59 Å². The Hall–Kier alpha value is -1.62. The highest BCUT2D eigenvalue weighted by atomic mass is 16.7. The van der Waals surface area contributed by atoms with Crippen molar-refractivity contribution in [3.63, 3.8) is 0 Å². The first-order chi connectivity index (χ1) is 19.5. The molecule has 2 heterocycles. The first-order valence-corrected chi connectivity index (χ1v) is 12.9. The third-order valence-corrected chi connectivity index (χ3v) is 6.34. The Kier molecular flexibility index (Phi) is 15.2. The summed E-state index contributed by atoms with van der Waals surface area (Å²) < 4.78 is 37.2. The van der Waals surface area contributed by atoms with Crippen molar-refractivity contribution >= 4 is 11.8 Å². The minimum atomic E-state index is -1.78. The summed E-state index contributed by atoms with van der Waals surface area (Å²) in [6.45, 7) is -0.627. The van der Waals surface area contributed by atoms with Crippen LogP contribution in [0.3, 0.4) is 0 Å². The first kappa shape index (κ1) is 35.6. The molecule has 2 fully saturated rings. The molecule has 0 spiro atoms. The molecule has 0 aliphatic carbocycles. The number of hydrogen-bond acceptors (Lipinski definition) is 16. The molecule has 0 aromatic rings. The van der Waals surface area contributed by atoms with Crippen LogP contribution in [0.25, 0.3) is 0 Å². The number of nitrogens with one attached hydrogen (secondary N) is 2. The molecule has 2 saturated heterocycles. The second-order valence-corrected chi connectivity index (χ2v) is 9.37. The molecule has 9 N–H and O–H groups in total. The molecule has 18 heteroatoms. The molecular weight excluding hydrogens is 560 g/mol. The molecule has 0 aromatic heterocycles. The minimum Gasteiger partial charge on any atom is -0.394 e. The summed E-state index contributed by atoms with van der Waals surface area (Å²) in [7, 11) is 2.44. The van der Waals surface area contributed by atoms with Gasteiger partial charge in [-0.05, 0) is 0 Å². The lowest BCUT2D eigenvalue weighted by atomic mass is 9.95. The summed E-state index contributed by atoms with van der Waals surface area (Å²) in [4.78, 5) is 24.8. The number of carbonyl (C=O) groups is 2. The highest BCUT2D eigenvalue weighted by Gasteiger charge is 2.53. The lowest BCUT2D eigenvalue weighted by Crippen LogP contribution is -2.68. The van der Waals surface area contributed by atoms with Crippen molar-refractivity contribution in [2.45, 2.75) is 80.7 Å². The third-order valence-electron chi connectivity index (χ3n) is 6.34. The van der Waals surface area contributed by atoms with Crippen LogP contribution in [-0.4, -0.2) is 175 Å². The van der Waals surface area contributed by atoms with Crippen LogP contribution in [0, 0.1) is 0 Å². The van der Waals surface area contributed by atoms with Gasteiger partial charge in [0.15, 0.2) is 25.0 Å². The fourth-order valence-electron chi connectivity index (χ4n) is 4.29. The van der Waals surface area contributed by atoms with E-state index in [4.69, 9.17) is 43.4 Å². The average Bonchev–Trinajstić information content (AvgIpc) is 2.95. The van der Waals surface area contributed by atoms with Gasteiger partial charge in [0, 0.05) is 27.7 Å². The Morgan fingerprint density at radius 2 is 1.63 bits per heavy atom. The van der Waals surface area contributed by atoms with E-state index in [1.54, 1.807) is 0 Å². The number of ether oxygens (including phenoxy) is 7. The maximum Gasteiger partial charge on any atom is 0.252 e. The molecule has 0 bridgehead atoms. The predicted octanol–water partition coefficient (Wildman–Crippen LogP) is -6.12. The standard InChI is InChI=1S/C23H42N2O16/c1-10(28)25-14-18(15(31)12(7-26)39-22(14)36-3)40-23-17(33)16(32)19(35-2)20(41-23)21(34)24-6-11(29)9-37-4-5-38-13(30)8-27/h11-20,22-23,26-27,29-33H,4-9H2,1-3H3,(H,24,34)(H,25,28).